The predicted molar refractivity (Wildman–Crippen MR) is 119 cm³/mol. The number of carbonyl (C=O) groups excluding carboxylic acids is 1. The number of rotatable bonds is 4. The molecule has 0 radical (unpaired) electrons. The van der Waals surface area contributed by atoms with E-state index in [1.165, 1.54) is 0 Å². The van der Waals surface area contributed by atoms with Gasteiger partial charge < -0.3 is 10.2 Å². The number of hydrogen-bond donors (Lipinski definition) is 1. The molecule has 6 rings (SSSR count). The molecule has 3 atom stereocenters. The Balaban J connectivity index is 1.42. The Morgan fingerprint density at radius 1 is 1.14 bits per heavy atom. The van der Waals surface area contributed by atoms with Gasteiger partial charge in [0.05, 0.1) is 17.2 Å². The van der Waals surface area contributed by atoms with Gasteiger partial charge in [-0.15, -0.1) is 0 Å². The highest BCUT2D eigenvalue weighted by atomic mass is 19.4. The van der Waals surface area contributed by atoms with Crippen molar-refractivity contribution in [2.75, 3.05) is 11.9 Å². The van der Waals surface area contributed by atoms with Gasteiger partial charge in [0.25, 0.3) is 5.91 Å². The van der Waals surface area contributed by atoms with Gasteiger partial charge >= 0.3 is 6.18 Å². The van der Waals surface area contributed by atoms with E-state index in [4.69, 9.17) is 0 Å². The lowest BCUT2D eigenvalue weighted by Gasteiger charge is -2.50. The summed E-state index contributed by atoms with van der Waals surface area (Å²) in [6.45, 7) is 2.31. The van der Waals surface area contributed by atoms with Gasteiger partial charge in [0.15, 0.2) is 17.5 Å². The number of fused-ring (bicyclic) bond motifs is 3. The molecule has 3 aromatic heterocycles. The van der Waals surface area contributed by atoms with Crippen LogP contribution in [-0.2, 0) is 6.18 Å². The van der Waals surface area contributed by atoms with Crippen LogP contribution in [0.4, 0.5) is 23.4 Å². The zero-order chi connectivity index (χ0) is 24.7. The van der Waals surface area contributed by atoms with Gasteiger partial charge in [-0.2, -0.15) is 13.2 Å². The van der Waals surface area contributed by atoms with Crippen molar-refractivity contribution < 1.29 is 22.4 Å². The molecule has 3 aromatic rings. The second-order valence-corrected chi connectivity index (χ2v) is 8.93. The first-order valence-electron chi connectivity index (χ1n) is 11.3. The normalized spacial score (nSPS) is 21.7. The minimum Gasteiger partial charge on any atom is -0.363 e. The molecule has 182 valence electrons. The highest BCUT2D eigenvalue weighted by molar-refractivity contribution is 5.98. The van der Waals surface area contributed by atoms with Gasteiger partial charge in [0, 0.05) is 36.9 Å². The Morgan fingerprint density at radius 3 is 2.60 bits per heavy atom. The average molecular weight is 486 g/mol. The molecule has 0 spiro atoms. The van der Waals surface area contributed by atoms with E-state index in [9.17, 15) is 22.4 Å². The number of anilines is 1. The smallest absolute Gasteiger partial charge is 0.363 e. The first kappa shape index (κ1) is 23.1. The van der Waals surface area contributed by atoms with Crippen molar-refractivity contribution in [1.29, 1.82) is 0 Å². The molecule has 3 aliphatic rings. The van der Waals surface area contributed by atoms with Crippen LogP contribution >= 0.6 is 0 Å². The molecule has 1 amide bonds. The molecular formula is C24H22F4N6O. The summed E-state index contributed by atoms with van der Waals surface area (Å²) in [6, 6.07) is 5.02. The molecule has 3 unspecified atom stereocenters. The molecule has 3 fully saturated rings. The number of carbonyl (C=O) groups is 1. The Labute approximate surface area is 198 Å². The largest absolute Gasteiger partial charge is 0.417 e. The number of nitrogens with one attached hydrogen (secondary N) is 1. The second kappa shape index (κ2) is 8.86. The van der Waals surface area contributed by atoms with Crippen LogP contribution in [0.25, 0.3) is 11.4 Å². The van der Waals surface area contributed by atoms with Crippen molar-refractivity contribution in [3.05, 3.63) is 65.6 Å². The first-order valence-corrected chi connectivity index (χ1v) is 11.3. The number of piperidine rings is 2. The molecule has 35 heavy (non-hydrogen) atoms. The van der Waals surface area contributed by atoms with E-state index in [-0.39, 0.29) is 35.4 Å². The number of amides is 1. The van der Waals surface area contributed by atoms with Crippen LogP contribution in [0.15, 0.2) is 42.9 Å². The molecule has 5 heterocycles. The van der Waals surface area contributed by atoms with Crippen molar-refractivity contribution in [3.8, 4) is 11.4 Å². The molecule has 0 aromatic carbocycles. The van der Waals surface area contributed by atoms with E-state index in [1.807, 2.05) is 0 Å². The number of aromatic nitrogens is 4. The predicted octanol–water partition coefficient (Wildman–Crippen LogP) is 4.51. The van der Waals surface area contributed by atoms with Crippen LogP contribution in [-0.4, -0.2) is 49.4 Å². The van der Waals surface area contributed by atoms with Gasteiger partial charge in [0.1, 0.15) is 5.69 Å². The first-order chi connectivity index (χ1) is 16.7. The van der Waals surface area contributed by atoms with Gasteiger partial charge in [0.2, 0.25) is 0 Å². The summed E-state index contributed by atoms with van der Waals surface area (Å²) in [6.07, 6.45) is 1.35. The lowest BCUT2D eigenvalue weighted by Crippen LogP contribution is -2.60. The third-order valence-electron chi connectivity index (χ3n) is 6.57. The molecule has 1 N–H and O–H groups in total. The van der Waals surface area contributed by atoms with Crippen LogP contribution in [0.2, 0.25) is 0 Å². The Kier molecular flexibility index (Phi) is 5.86. The Morgan fingerprint density at radius 2 is 1.91 bits per heavy atom. The third kappa shape index (κ3) is 4.54. The van der Waals surface area contributed by atoms with Crippen LogP contribution in [0, 0.1) is 18.7 Å². The maximum Gasteiger partial charge on any atom is 0.417 e. The number of alkyl halides is 3. The number of nitrogens with zero attached hydrogens (tertiary/aromatic N) is 5. The van der Waals surface area contributed by atoms with E-state index in [0.29, 0.717) is 48.7 Å². The summed E-state index contributed by atoms with van der Waals surface area (Å²) in [5, 5.41) is 2.96. The topological polar surface area (TPSA) is 83.9 Å². The van der Waals surface area contributed by atoms with E-state index in [1.54, 1.807) is 42.4 Å². The lowest BCUT2D eigenvalue weighted by molar-refractivity contribution is -0.138. The van der Waals surface area contributed by atoms with E-state index < -0.39 is 17.6 Å². The monoisotopic (exact) mass is 486 g/mol. The lowest BCUT2D eigenvalue weighted by atomic mass is 9.76. The Hall–Kier alpha value is -3.63. The molecule has 2 saturated heterocycles. The van der Waals surface area contributed by atoms with Crippen LogP contribution in [0.1, 0.15) is 41.0 Å². The summed E-state index contributed by atoms with van der Waals surface area (Å²) >= 11 is 0. The summed E-state index contributed by atoms with van der Waals surface area (Å²) in [5.74, 6) is -1.06. The summed E-state index contributed by atoms with van der Waals surface area (Å²) < 4.78 is 53.1. The number of hydrogen-bond acceptors (Lipinski definition) is 6. The van der Waals surface area contributed by atoms with Crippen LogP contribution in [0.3, 0.4) is 0 Å². The second-order valence-electron chi connectivity index (χ2n) is 8.93. The van der Waals surface area contributed by atoms with Crippen molar-refractivity contribution in [2.45, 2.75) is 44.4 Å². The fraction of sp³-hybridized carbons (Fsp3) is 0.375. The molecule has 7 nitrogen and oxygen atoms in total. The van der Waals surface area contributed by atoms with E-state index in [0.717, 1.165) is 6.42 Å². The van der Waals surface area contributed by atoms with Gasteiger partial charge in [-0.05, 0) is 56.4 Å². The molecular weight excluding hydrogens is 464 g/mol. The molecule has 2 aliphatic heterocycles. The zero-order valence-corrected chi connectivity index (χ0v) is 18.8. The molecule has 1 saturated carbocycles. The fourth-order valence-corrected chi connectivity index (χ4v) is 4.93. The summed E-state index contributed by atoms with van der Waals surface area (Å²) in [7, 11) is 0. The highest BCUT2D eigenvalue weighted by Crippen LogP contribution is 2.38. The van der Waals surface area contributed by atoms with E-state index in [2.05, 4.69) is 25.3 Å². The van der Waals surface area contributed by atoms with Crippen molar-refractivity contribution in [3.63, 3.8) is 0 Å². The minimum atomic E-state index is -4.68. The number of pyridine rings is 2. The minimum absolute atomic E-state index is 0.167. The Bertz CT molecular complexity index is 1250. The van der Waals surface area contributed by atoms with E-state index >= 15 is 0 Å². The molecule has 1 aliphatic carbocycles. The number of halogens is 4. The summed E-state index contributed by atoms with van der Waals surface area (Å²) in [5.41, 5.74) is 0.272. The van der Waals surface area contributed by atoms with Crippen molar-refractivity contribution >= 4 is 11.7 Å². The average Bonchev–Trinajstić information content (AvgIpc) is 2.85. The van der Waals surface area contributed by atoms with Gasteiger partial charge in [-0.3, -0.25) is 4.79 Å². The highest BCUT2D eigenvalue weighted by Gasteiger charge is 2.44. The van der Waals surface area contributed by atoms with Crippen LogP contribution < -0.4 is 5.32 Å². The van der Waals surface area contributed by atoms with Crippen molar-refractivity contribution in [2.24, 2.45) is 5.92 Å². The fourth-order valence-electron chi connectivity index (χ4n) is 4.93. The number of aryl methyl sites for hydroxylation is 1. The maximum atomic E-state index is 14.5. The quantitative estimate of drug-likeness (QED) is 0.547. The molecule has 11 heteroatoms. The van der Waals surface area contributed by atoms with Crippen molar-refractivity contribution in [1.82, 2.24) is 24.8 Å². The standard InChI is InChI=1S/C24H22F4N6O/c1-13-3-5-16(21-29-7-2-8-30-21)20(32-13)23(35)34-12-14-4-6-19(34)18(9-14)33-22-17(25)10-15(11-31-22)24(26,27)28/h2-3,5,7-8,10-11,14,18-19H,4,6,9,12H2,1H3,(H,31,33). The third-order valence-corrected chi connectivity index (χ3v) is 6.57. The van der Waals surface area contributed by atoms with Gasteiger partial charge in [-0.25, -0.2) is 24.3 Å². The van der Waals surface area contributed by atoms with Gasteiger partial charge in [-0.1, -0.05) is 0 Å². The SMILES string of the molecule is Cc1ccc(-c2ncccn2)c(C(=O)N2CC3CCC2C(Nc2ncc(C(F)(F)F)cc2F)C3)n1. The molecule has 2 bridgehead atoms. The zero-order valence-electron chi connectivity index (χ0n) is 18.8. The maximum absolute atomic E-state index is 14.5. The summed E-state index contributed by atoms with van der Waals surface area (Å²) in [4.78, 5) is 32.1. The van der Waals surface area contributed by atoms with Crippen LogP contribution in [0.5, 0.6) is 0 Å².